The highest BCUT2D eigenvalue weighted by Gasteiger charge is 2.13. The maximum Gasteiger partial charge on any atom is 0.331 e. The minimum absolute atomic E-state index is 0.337. The van der Waals surface area contributed by atoms with Gasteiger partial charge in [-0.25, -0.2) is 4.79 Å². The van der Waals surface area contributed by atoms with E-state index in [-0.39, 0.29) is 5.97 Å². The van der Waals surface area contributed by atoms with E-state index in [4.69, 9.17) is 9.47 Å². The molecule has 0 unspecified atom stereocenters. The average molecular weight is 248 g/mol. The summed E-state index contributed by atoms with van der Waals surface area (Å²) < 4.78 is 10.5. The van der Waals surface area contributed by atoms with E-state index < -0.39 is 5.60 Å². The van der Waals surface area contributed by atoms with Crippen molar-refractivity contribution in [3.05, 3.63) is 35.9 Å². The molecule has 0 amide bonds. The van der Waals surface area contributed by atoms with Gasteiger partial charge in [0, 0.05) is 6.08 Å². The SMILES string of the molecule is CCOc1ccc(/C=C/C(=O)OC(C)(C)C)cc1. The zero-order chi connectivity index (χ0) is 13.6. The van der Waals surface area contributed by atoms with Crippen LogP contribution in [0.25, 0.3) is 6.08 Å². The lowest BCUT2D eigenvalue weighted by Crippen LogP contribution is -2.22. The van der Waals surface area contributed by atoms with Gasteiger partial charge in [0.25, 0.3) is 0 Å². The zero-order valence-corrected chi connectivity index (χ0v) is 11.4. The normalized spacial score (nSPS) is 11.6. The van der Waals surface area contributed by atoms with Gasteiger partial charge in [-0.1, -0.05) is 12.1 Å². The third kappa shape index (κ3) is 5.53. The molecule has 0 saturated carbocycles. The second-order valence-corrected chi connectivity index (χ2v) is 4.87. The molecule has 98 valence electrons. The van der Waals surface area contributed by atoms with Gasteiger partial charge in [-0.05, 0) is 51.5 Å². The largest absolute Gasteiger partial charge is 0.494 e. The first-order valence-electron chi connectivity index (χ1n) is 6.04. The molecule has 0 aliphatic rings. The highest BCUT2D eigenvalue weighted by molar-refractivity contribution is 5.87. The minimum atomic E-state index is -0.458. The van der Waals surface area contributed by atoms with Crippen LogP contribution in [0.1, 0.15) is 33.3 Å². The van der Waals surface area contributed by atoms with Crippen LogP contribution in [0.2, 0.25) is 0 Å². The smallest absolute Gasteiger partial charge is 0.331 e. The van der Waals surface area contributed by atoms with Crippen molar-refractivity contribution in [3.63, 3.8) is 0 Å². The molecular weight excluding hydrogens is 228 g/mol. The molecule has 1 aromatic carbocycles. The summed E-state index contributed by atoms with van der Waals surface area (Å²) in [6, 6.07) is 7.54. The summed E-state index contributed by atoms with van der Waals surface area (Å²) in [6.07, 6.45) is 3.16. The van der Waals surface area contributed by atoms with E-state index in [1.807, 2.05) is 52.0 Å². The third-order valence-electron chi connectivity index (χ3n) is 2.01. The first-order valence-corrected chi connectivity index (χ1v) is 6.04. The van der Waals surface area contributed by atoms with Gasteiger partial charge in [0.2, 0.25) is 0 Å². The Labute approximate surface area is 108 Å². The molecule has 0 aliphatic heterocycles. The summed E-state index contributed by atoms with van der Waals surface area (Å²) in [4.78, 5) is 11.5. The number of carbonyl (C=O) groups is 1. The van der Waals surface area contributed by atoms with E-state index in [1.165, 1.54) is 6.08 Å². The highest BCUT2D eigenvalue weighted by atomic mass is 16.6. The Hall–Kier alpha value is -1.77. The Kier molecular flexibility index (Phi) is 4.95. The van der Waals surface area contributed by atoms with Gasteiger partial charge < -0.3 is 9.47 Å². The number of hydrogen-bond donors (Lipinski definition) is 0. The van der Waals surface area contributed by atoms with E-state index in [9.17, 15) is 4.79 Å². The van der Waals surface area contributed by atoms with Crippen LogP contribution in [0.5, 0.6) is 5.75 Å². The summed E-state index contributed by atoms with van der Waals surface area (Å²) in [5.74, 6) is 0.489. The number of hydrogen-bond acceptors (Lipinski definition) is 3. The molecule has 0 bridgehead atoms. The summed E-state index contributed by atoms with van der Waals surface area (Å²) in [5, 5.41) is 0. The highest BCUT2D eigenvalue weighted by Crippen LogP contribution is 2.13. The van der Waals surface area contributed by atoms with E-state index in [0.717, 1.165) is 11.3 Å². The van der Waals surface area contributed by atoms with Crippen LogP contribution in [0.4, 0.5) is 0 Å². The predicted octanol–water partition coefficient (Wildman–Crippen LogP) is 3.44. The van der Waals surface area contributed by atoms with Crippen LogP contribution in [0.3, 0.4) is 0 Å². The molecule has 3 heteroatoms. The van der Waals surface area contributed by atoms with Gasteiger partial charge >= 0.3 is 5.97 Å². The quantitative estimate of drug-likeness (QED) is 0.605. The molecule has 0 saturated heterocycles. The van der Waals surface area contributed by atoms with Crippen molar-refractivity contribution in [1.29, 1.82) is 0 Å². The van der Waals surface area contributed by atoms with Crippen LogP contribution in [0.15, 0.2) is 30.3 Å². The zero-order valence-electron chi connectivity index (χ0n) is 11.4. The van der Waals surface area contributed by atoms with Crippen molar-refractivity contribution < 1.29 is 14.3 Å². The summed E-state index contributed by atoms with van der Waals surface area (Å²) >= 11 is 0. The predicted molar refractivity (Wildman–Crippen MR) is 72.5 cm³/mol. The Balaban J connectivity index is 2.59. The van der Waals surface area contributed by atoms with E-state index in [2.05, 4.69) is 0 Å². The molecule has 1 aromatic rings. The first kappa shape index (κ1) is 14.3. The summed E-state index contributed by atoms with van der Waals surface area (Å²) in [5.41, 5.74) is 0.476. The van der Waals surface area contributed by atoms with Crippen molar-refractivity contribution in [1.82, 2.24) is 0 Å². The van der Waals surface area contributed by atoms with Gasteiger partial charge in [-0.2, -0.15) is 0 Å². The topological polar surface area (TPSA) is 35.5 Å². The molecule has 3 nitrogen and oxygen atoms in total. The monoisotopic (exact) mass is 248 g/mol. The van der Waals surface area contributed by atoms with Crippen LogP contribution < -0.4 is 4.74 Å². The lowest BCUT2D eigenvalue weighted by molar-refractivity contribution is -0.148. The van der Waals surface area contributed by atoms with Crippen molar-refractivity contribution in [2.24, 2.45) is 0 Å². The molecule has 0 aliphatic carbocycles. The first-order chi connectivity index (χ1) is 8.40. The van der Waals surface area contributed by atoms with Crippen LogP contribution in [-0.4, -0.2) is 18.2 Å². The van der Waals surface area contributed by atoms with Gasteiger partial charge in [0.05, 0.1) is 6.61 Å². The Morgan fingerprint density at radius 3 is 2.33 bits per heavy atom. The maximum atomic E-state index is 11.5. The van der Waals surface area contributed by atoms with Gasteiger partial charge in [0.1, 0.15) is 11.4 Å². The number of ether oxygens (including phenoxy) is 2. The fourth-order valence-corrected chi connectivity index (χ4v) is 1.34. The third-order valence-corrected chi connectivity index (χ3v) is 2.01. The Morgan fingerprint density at radius 2 is 1.83 bits per heavy atom. The lowest BCUT2D eigenvalue weighted by atomic mass is 10.2. The molecule has 1 rings (SSSR count). The number of carbonyl (C=O) groups excluding carboxylic acids is 1. The molecule has 0 N–H and O–H groups in total. The second-order valence-electron chi connectivity index (χ2n) is 4.87. The molecule has 0 spiro atoms. The lowest BCUT2D eigenvalue weighted by Gasteiger charge is -2.17. The summed E-state index contributed by atoms with van der Waals surface area (Å²) in [7, 11) is 0. The summed E-state index contributed by atoms with van der Waals surface area (Å²) in [6.45, 7) is 8.12. The molecule has 0 fully saturated rings. The van der Waals surface area contributed by atoms with E-state index in [1.54, 1.807) is 6.08 Å². The number of esters is 1. The van der Waals surface area contributed by atoms with Gasteiger partial charge in [-0.3, -0.25) is 0 Å². The fraction of sp³-hybridized carbons (Fsp3) is 0.400. The van der Waals surface area contributed by atoms with Crippen molar-refractivity contribution >= 4 is 12.0 Å². The van der Waals surface area contributed by atoms with Crippen molar-refractivity contribution in [2.75, 3.05) is 6.61 Å². The van der Waals surface area contributed by atoms with E-state index >= 15 is 0 Å². The van der Waals surface area contributed by atoms with Gasteiger partial charge in [0.15, 0.2) is 0 Å². The van der Waals surface area contributed by atoms with Crippen molar-refractivity contribution in [3.8, 4) is 5.75 Å². The maximum absolute atomic E-state index is 11.5. The number of rotatable bonds is 4. The molecule has 0 atom stereocenters. The van der Waals surface area contributed by atoms with Crippen LogP contribution in [0, 0.1) is 0 Å². The van der Waals surface area contributed by atoms with Crippen molar-refractivity contribution in [2.45, 2.75) is 33.3 Å². The second kappa shape index (κ2) is 6.24. The molecule has 0 aromatic heterocycles. The van der Waals surface area contributed by atoms with Gasteiger partial charge in [-0.15, -0.1) is 0 Å². The van der Waals surface area contributed by atoms with Crippen LogP contribution in [-0.2, 0) is 9.53 Å². The van der Waals surface area contributed by atoms with E-state index in [0.29, 0.717) is 6.61 Å². The minimum Gasteiger partial charge on any atom is -0.494 e. The number of benzene rings is 1. The molecule has 0 heterocycles. The van der Waals surface area contributed by atoms with Crippen LogP contribution >= 0.6 is 0 Å². The Bertz CT molecular complexity index is 410. The molecule has 0 radical (unpaired) electrons. The Morgan fingerprint density at radius 1 is 1.22 bits per heavy atom. The standard InChI is InChI=1S/C15H20O3/c1-5-17-13-9-6-12(7-10-13)8-11-14(16)18-15(2,3)4/h6-11H,5H2,1-4H3/b11-8+. The molecular formula is C15H20O3. The average Bonchev–Trinajstić information content (AvgIpc) is 2.26. The molecule has 18 heavy (non-hydrogen) atoms. The fourth-order valence-electron chi connectivity index (χ4n) is 1.34.